The van der Waals surface area contributed by atoms with Crippen LogP contribution in [0.2, 0.25) is 10.0 Å². The molecule has 0 aromatic heterocycles. The van der Waals surface area contributed by atoms with Gasteiger partial charge in [-0.2, -0.15) is 0 Å². The Balaban J connectivity index is 1.63. The first-order valence-electron chi connectivity index (χ1n) is 7.55. The lowest BCUT2D eigenvalue weighted by atomic mass is 10.1. The van der Waals surface area contributed by atoms with Gasteiger partial charge in [-0.1, -0.05) is 23.2 Å². The Hall–Kier alpha value is -2.11. The van der Waals surface area contributed by atoms with Gasteiger partial charge in [0.15, 0.2) is 17.1 Å². The lowest BCUT2D eigenvalue weighted by molar-refractivity contribution is -0.160. The topological polar surface area (TPSA) is 54.0 Å². The van der Waals surface area contributed by atoms with Crippen molar-refractivity contribution in [1.82, 2.24) is 0 Å². The van der Waals surface area contributed by atoms with Crippen LogP contribution in [0.1, 0.15) is 19.4 Å². The third-order valence-corrected chi connectivity index (χ3v) is 4.07. The summed E-state index contributed by atoms with van der Waals surface area (Å²) in [4.78, 5) is 12.4. The van der Waals surface area contributed by atoms with E-state index in [1.807, 2.05) is 0 Å². The monoisotopic (exact) mass is 382 g/mol. The minimum Gasteiger partial charge on any atom is -0.476 e. The lowest BCUT2D eigenvalue weighted by Gasteiger charge is -2.24. The second-order valence-corrected chi connectivity index (χ2v) is 6.80. The quantitative estimate of drug-likeness (QED) is 0.705. The van der Waals surface area contributed by atoms with Gasteiger partial charge in [0.25, 0.3) is 0 Å². The number of carbonyl (C=O) groups is 1. The van der Waals surface area contributed by atoms with Crippen LogP contribution in [0.5, 0.6) is 17.2 Å². The van der Waals surface area contributed by atoms with E-state index in [4.69, 9.17) is 42.1 Å². The molecule has 0 fully saturated rings. The first kappa shape index (κ1) is 17.7. The molecule has 1 aliphatic rings. The lowest BCUT2D eigenvalue weighted by Crippen LogP contribution is -2.39. The maximum Gasteiger partial charge on any atom is 0.350 e. The molecule has 0 saturated heterocycles. The molecule has 1 aliphatic heterocycles. The fourth-order valence-electron chi connectivity index (χ4n) is 2.27. The third kappa shape index (κ3) is 4.11. The molecule has 0 aliphatic carbocycles. The number of halogens is 2. The highest BCUT2D eigenvalue weighted by atomic mass is 35.5. The van der Waals surface area contributed by atoms with E-state index >= 15 is 0 Å². The molecule has 0 atom stereocenters. The van der Waals surface area contributed by atoms with E-state index in [-0.39, 0.29) is 13.4 Å². The molecule has 0 bridgehead atoms. The van der Waals surface area contributed by atoms with Gasteiger partial charge in [0.2, 0.25) is 6.79 Å². The predicted octanol–water partition coefficient (Wildman–Crippen LogP) is 4.62. The Morgan fingerprint density at radius 1 is 1.16 bits per heavy atom. The Labute approximate surface area is 155 Å². The maximum absolute atomic E-state index is 12.4. The molecule has 0 amide bonds. The first-order chi connectivity index (χ1) is 11.8. The molecule has 5 nitrogen and oxygen atoms in total. The predicted molar refractivity (Wildman–Crippen MR) is 93.5 cm³/mol. The van der Waals surface area contributed by atoms with Crippen molar-refractivity contribution < 1.29 is 23.7 Å². The molecule has 0 spiro atoms. The van der Waals surface area contributed by atoms with E-state index < -0.39 is 11.6 Å². The SMILES string of the molecule is CC(C)(Oc1ccc(Cl)cc1)C(=O)OCc1cc(Cl)c2c(c1)OCO2. The highest BCUT2D eigenvalue weighted by Gasteiger charge is 2.32. The number of esters is 1. The van der Waals surface area contributed by atoms with Gasteiger partial charge in [0.05, 0.1) is 5.02 Å². The zero-order chi connectivity index (χ0) is 18.0. The van der Waals surface area contributed by atoms with Crippen LogP contribution in [0.3, 0.4) is 0 Å². The molecule has 7 heteroatoms. The van der Waals surface area contributed by atoms with Crippen LogP contribution in [-0.4, -0.2) is 18.4 Å². The molecular weight excluding hydrogens is 367 g/mol. The average molecular weight is 383 g/mol. The molecule has 0 unspecified atom stereocenters. The molecule has 3 rings (SSSR count). The van der Waals surface area contributed by atoms with Gasteiger partial charge in [-0.15, -0.1) is 0 Å². The van der Waals surface area contributed by atoms with Gasteiger partial charge >= 0.3 is 5.97 Å². The second-order valence-electron chi connectivity index (χ2n) is 5.95. The van der Waals surface area contributed by atoms with E-state index in [0.29, 0.717) is 32.9 Å². The van der Waals surface area contributed by atoms with Crippen molar-refractivity contribution in [2.45, 2.75) is 26.1 Å². The summed E-state index contributed by atoms with van der Waals surface area (Å²) in [5.41, 5.74) is -0.460. The van der Waals surface area contributed by atoms with Crippen LogP contribution >= 0.6 is 23.2 Å². The van der Waals surface area contributed by atoms with E-state index in [1.54, 1.807) is 50.2 Å². The van der Waals surface area contributed by atoms with Crippen LogP contribution < -0.4 is 14.2 Å². The number of hydrogen-bond donors (Lipinski definition) is 0. The van der Waals surface area contributed by atoms with Crippen LogP contribution in [-0.2, 0) is 16.1 Å². The number of carbonyl (C=O) groups excluding carboxylic acids is 1. The summed E-state index contributed by atoms with van der Waals surface area (Å²) in [6, 6.07) is 10.2. The Morgan fingerprint density at radius 2 is 1.88 bits per heavy atom. The Bertz CT molecular complexity index is 787. The van der Waals surface area contributed by atoms with Crippen LogP contribution in [0.4, 0.5) is 0 Å². The van der Waals surface area contributed by atoms with E-state index in [2.05, 4.69) is 0 Å². The summed E-state index contributed by atoms with van der Waals surface area (Å²) >= 11 is 12.0. The molecule has 0 N–H and O–H groups in total. The normalized spacial score (nSPS) is 12.8. The summed E-state index contributed by atoms with van der Waals surface area (Å²) in [5, 5.41) is 1.00. The second kappa shape index (κ2) is 7.02. The fraction of sp³-hybridized carbons (Fsp3) is 0.278. The summed E-state index contributed by atoms with van der Waals surface area (Å²) in [6.07, 6.45) is 0. The average Bonchev–Trinajstić information content (AvgIpc) is 3.03. The van der Waals surface area contributed by atoms with Gasteiger partial charge in [-0.3, -0.25) is 0 Å². The summed E-state index contributed by atoms with van der Waals surface area (Å²) in [7, 11) is 0. The van der Waals surface area contributed by atoms with Crippen molar-refractivity contribution >= 4 is 29.2 Å². The van der Waals surface area contributed by atoms with Crippen LogP contribution in [0, 0.1) is 0 Å². The standard InChI is InChI=1S/C18H16Cl2O5/c1-18(2,25-13-5-3-12(19)4-6-13)17(21)22-9-11-7-14(20)16-15(8-11)23-10-24-16/h3-8H,9-10H2,1-2H3. The molecule has 1 heterocycles. The molecule has 2 aromatic carbocycles. The molecule has 2 aromatic rings. The third-order valence-electron chi connectivity index (χ3n) is 3.54. The number of ether oxygens (including phenoxy) is 4. The zero-order valence-corrected chi connectivity index (χ0v) is 15.2. The summed E-state index contributed by atoms with van der Waals surface area (Å²) in [6.45, 7) is 3.44. The number of rotatable bonds is 5. The maximum atomic E-state index is 12.4. The van der Waals surface area contributed by atoms with Crippen molar-refractivity contribution in [3.8, 4) is 17.2 Å². The highest BCUT2D eigenvalue weighted by Crippen LogP contribution is 2.40. The molecule has 0 saturated carbocycles. The molecule has 0 radical (unpaired) electrons. The molecular formula is C18H16Cl2O5. The van der Waals surface area contributed by atoms with Gasteiger partial charge in [-0.25, -0.2) is 4.79 Å². The van der Waals surface area contributed by atoms with Gasteiger partial charge in [0.1, 0.15) is 12.4 Å². The van der Waals surface area contributed by atoms with Crippen molar-refractivity contribution in [1.29, 1.82) is 0 Å². The van der Waals surface area contributed by atoms with Crippen molar-refractivity contribution in [3.63, 3.8) is 0 Å². The van der Waals surface area contributed by atoms with Gasteiger partial charge in [-0.05, 0) is 55.8 Å². The molecule has 132 valence electrons. The number of benzene rings is 2. The zero-order valence-electron chi connectivity index (χ0n) is 13.7. The van der Waals surface area contributed by atoms with Gasteiger partial charge in [0, 0.05) is 5.02 Å². The summed E-state index contributed by atoms with van der Waals surface area (Å²) < 4.78 is 21.6. The Morgan fingerprint density at radius 3 is 2.60 bits per heavy atom. The summed E-state index contributed by atoms with van der Waals surface area (Å²) in [5.74, 6) is 1.06. The number of fused-ring (bicyclic) bond motifs is 1. The van der Waals surface area contributed by atoms with Crippen LogP contribution in [0.25, 0.3) is 0 Å². The van der Waals surface area contributed by atoms with E-state index in [1.165, 1.54) is 0 Å². The largest absolute Gasteiger partial charge is 0.476 e. The highest BCUT2D eigenvalue weighted by molar-refractivity contribution is 6.32. The molecule has 25 heavy (non-hydrogen) atoms. The minimum absolute atomic E-state index is 0.0442. The fourth-order valence-corrected chi connectivity index (χ4v) is 2.68. The first-order valence-corrected chi connectivity index (χ1v) is 8.30. The van der Waals surface area contributed by atoms with E-state index in [9.17, 15) is 4.79 Å². The van der Waals surface area contributed by atoms with Crippen molar-refractivity contribution in [3.05, 3.63) is 52.0 Å². The van der Waals surface area contributed by atoms with Crippen molar-refractivity contribution in [2.24, 2.45) is 0 Å². The Kier molecular flexibility index (Phi) is 4.97. The number of hydrogen-bond acceptors (Lipinski definition) is 5. The van der Waals surface area contributed by atoms with Gasteiger partial charge < -0.3 is 18.9 Å². The van der Waals surface area contributed by atoms with Crippen LogP contribution in [0.15, 0.2) is 36.4 Å². The minimum atomic E-state index is -1.16. The van der Waals surface area contributed by atoms with Crippen molar-refractivity contribution in [2.75, 3.05) is 6.79 Å². The van der Waals surface area contributed by atoms with E-state index in [0.717, 1.165) is 0 Å². The smallest absolute Gasteiger partial charge is 0.350 e.